The zero-order chi connectivity index (χ0) is 16.7. The van der Waals surface area contributed by atoms with Gasteiger partial charge >= 0.3 is 0 Å². The van der Waals surface area contributed by atoms with Crippen molar-refractivity contribution in [3.8, 4) is 0 Å². The van der Waals surface area contributed by atoms with Crippen molar-refractivity contribution in [1.29, 1.82) is 0 Å². The first-order chi connectivity index (χ1) is 11.0. The van der Waals surface area contributed by atoms with Crippen LogP contribution in [0.2, 0.25) is 0 Å². The quantitative estimate of drug-likeness (QED) is 0.577. The first-order valence-corrected chi connectivity index (χ1v) is 8.51. The molecule has 23 heavy (non-hydrogen) atoms. The molecule has 1 amide bonds. The van der Waals surface area contributed by atoms with E-state index in [4.69, 9.17) is 5.73 Å². The maximum Gasteiger partial charge on any atom is 0.226 e. The number of hydrogen-bond donors (Lipinski definition) is 3. The highest BCUT2D eigenvalue weighted by atomic mass is 16.1. The molecule has 1 fully saturated rings. The third-order valence-corrected chi connectivity index (χ3v) is 4.14. The average molecular weight is 316 g/mol. The number of carbonyl (C=O) groups is 1. The minimum atomic E-state index is -0.0232. The summed E-state index contributed by atoms with van der Waals surface area (Å²) in [5.41, 5.74) is 7.84. The molecule has 2 rings (SSSR count). The predicted octanol–water partition coefficient (Wildman–Crippen LogP) is 3.02. The third-order valence-electron chi connectivity index (χ3n) is 4.14. The van der Waals surface area contributed by atoms with Gasteiger partial charge in [0.2, 0.25) is 5.91 Å². The van der Waals surface area contributed by atoms with E-state index in [1.165, 1.54) is 32.1 Å². The van der Waals surface area contributed by atoms with Gasteiger partial charge in [0, 0.05) is 17.6 Å². The summed E-state index contributed by atoms with van der Waals surface area (Å²) in [6, 6.07) is 8.20. The molecule has 1 aliphatic rings. The van der Waals surface area contributed by atoms with E-state index in [-0.39, 0.29) is 11.8 Å². The normalized spacial score (nSPS) is 16.4. The van der Waals surface area contributed by atoms with Crippen LogP contribution < -0.4 is 16.4 Å². The third kappa shape index (κ3) is 5.93. The predicted molar refractivity (Wildman–Crippen MR) is 95.2 cm³/mol. The molecule has 5 heteroatoms. The van der Waals surface area contributed by atoms with E-state index in [9.17, 15) is 4.79 Å². The molecule has 1 aromatic carbocycles. The molecule has 126 valence electrons. The molecule has 0 saturated heterocycles. The maximum absolute atomic E-state index is 11.6. The van der Waals surface area contributed by atoms with Crippen LogP contribution in [0, 0.1) is 5.92 Å². The fourth-order valence-corrected chi connectivity index (χ4v) is 2.66. The number of nitrogens with one attached hydrogen (secondary N) is 2. The molecule has 0 spiro atoms. The summed E-state index contributed by atoms with van der Waals surface area (Å²) < 4.78 is 0. The minimum absolute atomic E-state index is 0.0232. The van der Waals surface area contributed by atoms with Gasteiger partial charge in [0.15, 0.2) is 5.96 Å². The van der Waals surface area contributed by atoms with E-state index in [1.54, 1.807) is 0 Å². The van der Waals surface area contributed by atoms with Gasteiger partial charge in [0.25, 0.3) is 0 Å². The SMILES string of the molecule is CC(C)C(=O)Nc1ccc(CN=C(N)NC2CCCCC2)cc1. The monoisotopic (exact) mass is 316 g/mol. The lowest BCUT2D eigenvalue weighted by atomic mass is 9.96. The van der Waals surface area contributed by atoms with E-state index in [0.29, 0.717) is 18.5 Å². The fourth-order valence-electron chi connectivity index (χ4n) is 2.66. The molecule has 1 saturated carbocycles. The van der Waals surface area contributed by atoms with Crippen LogP contribution in [0.4, 0.5) is 5.69 Å². The second-order valence-electron chi connectivity index (χ2n) is 6.52. The van der Waals surface area contributed by atoms with Crippen LogP contribution >= 0.6 is 0 Å². The number of hydrogen-bond acceptors (Lipinski definition) is 2. The molecule has 0 heterocycles. The standard InChI is InChI=1S/C18H28N4O/c1-13(2)17(23)21-16-10-8-14(9-11-16)12-20-18(19)22-15-6-4-3-5-7-15/h8-11,13,15H,3-7,12H2,1-2H3,(H,21,23)(H3,19,20,22). The highest BCUT2D eigenvalue weighted by molar-refractivity contribution is 5.92. The molecule has 0 atom stereocenters. The van der Waals surface area contributed by atoms with Gasteiger partial charge in [-0.05, 0) is 30.5 Å². The lowest BCUT2D eigenvalue weighted by molar-refractivity contribution is -0.118. The number of guanidine groups is 1. The van der Waals surface area contributed by atoms with Gasteiger partial charge in [0.1, 0.15) is 0 Å². The highest BCUT2D eigenvalue weighted by Gasteiger charge is 2.13. The number of amides is 1. The van der Waals surface area contributed by atoms with E-state index < -0.39 is 0 Å². The van der Waals surface area contributed by atoms with E-state index >= 15 is 0 Å². The Morgan fingerprint density at radius 1 is 1.22 bits per heavy atom. The molecule has 0 aliphatic heterocycles. The number of nitrogens with two attached hydrogens (primary N) is 1. The lowest BCUT2D eigenvalue weighted by Crippen LogP contribution is -2.41. The van der Waals surface area contributed by atoms with Crippen LogP contribution in [-0.2, 0) is 11.3 Å². The summed E-state index contributed by atoms with van der Waals surface area (Å²) in [6.45, 7) is 4.30. The number of benzene rings is 1. The van der Waals surface area contributed by atoms with Crippen LogP contribution in [0.25, 0.3) is 0 Å². The number of nitrogens with zero attached hydrogens (tertiary/aromatic N) is 1. The van der Waals surface area contributed by atoms with Gasteiger partial charge in [-0.1, -0.05) is 45.2 Å². The van der Waals surface area contributed by atoms with Crippen LogP contribution in [0.1, 0.15) is 51.5 Å². The van der Waals surface area contributed by atoms with Crippen molar-refractivity contribution in [2.75, 3.05) is 5.32 Å². The molecular formula is C18H28N4O. The number of carbonyl (C=O) groups excluding carboxylic acids is 1. The molecule has 0 aromatic heterocycles. The van der Waals surface area contributed by atoms with Crippen LogP contribution in [0.15, 0.2) is 29.3 Å². The van der Waals surface area contributed by atoms with Gasteiger partial charge < -0.3 is 16.4 Å². The second-order valence-corrected chi connectivity index (χ2v) is 6.52. The average Bonchev–Trinajstić information content (AvgIpc) is 2.55. The molecule has 0 radical (unpaired) electrons. The van der Waals surface area contributed by atoms with E-state index in [2.05, 4.69) is 15.6 Å². The summed E-state index contributed by atoms with van der Waals surface area (Å²) >= 11 is 0. The molecular weight excluding hydrogens is 288 g/mol. The Morgan fingerprint density at radius 2 is 1.87 bits per heavy atom. The van der Waals surface area contributed by atoms with Crippen molar-refractivity contribution >= 4 is 17.6 Å². The van der Waals surface area contributed by atoms with Crippen molar-refractivity contribution in [1.82, 2.24) is 5.32 Å². The largest absolute Gasteiger partial charge is 0.370 e. The number of aliphatic imine (C=N–C) groups is 1. The summed E-state index contributed by atoms with van der Waals surface area (Å²) in [7, 11) is 0. The molecule has 1 aromatic rings. The van der Waals surface area contributed by atoms with Gasteiger partial charge in [-0.3, -0.25) is 4.79 Å². The van der Waals surface area contributed by atoms with Gasteiger partial charge in [-0.15, -0.1) is 0 Å². The van der Waals surface area contributed by atoms with Crippen molar-refractivity contribution in [3.05, 3.63) is 29.8 Å². The van der Waals surface area contributed by atoms with Crippen molar-refractivity contribution < 1.29 is 4.79 Å². The lowest BCUT2D eigenvalue weighted by Gasteiger charge is -2.23. The minimum Gasteiger partial charge on any atom is -0.370 e. The molecule has 0 unspecified atom stereocenters. The van der Waals surface area contributed by atoms with Gasteiger partial charge in [0.05, 0.1) is 6.54 Å². The van der Waals surface area contributed by atoms with Crippen molar-refractivity contribution in [2.45, 2.75) is 58.5 Å². The maximum atomic E-state index is 11.6. The van der Waals surface area contributed by atoms with Crippen LogP contribution in [0.5, 0.6) is 0 Å². The van der Waals surface area contributed by atoms with Crippen molar-refractivity contribution in [2.24, 2.45) is 16.6 Å². The smallest absolute Gasteiger partial charge is 0.226 e. The van der Waals surface area contributed by atoms with E-state index in [1.807, 2.05) is 38.1 Å². The van der Waals surface area contributed by atoms with Gasteiger partial charge in [-0.25, -0.2) is 4.99 Å². The molecule has 0 bridgehead atoms. The zero-order valence-electron chi connectivity index (χ0n) is 14.1. The Labute approximate surface area is 138 Å². The summed E-state index contributed by atoms with van der Waals surface area (Å²) in [5, 5.41) is 6.19. The first kappa shape index (κ1) is 17.3. The fraction of sp³-hybridized carbons (Fsp3) is 0.556. The summed E-state index contributed by atoms with van der Waals surface area (Å²) in [4.78, 5) is 16.0. The van der Waals surface area contributed by atoms with Crippen LogP contribution in [-0.4, -0.2) is 17.9 Å². The molecule has 1 aliphatic carbocycles. The van der Waals surface area contributed by atoms with Crippen LogP contribution in [0.3, 0.4) is 0 Å². The molecule has 5 nitrogen and oxygen atoms in total. The number of rotatable bonds is 5. The van der Waals surface area contributed by atoms with Gasteiger partial charge in [-0.2, -0.15) is 0 Å². The van der Waals surface area contributed by atoms with Crippen molar-refractivity contribution in [3.63, 3.8) is 0 Å². The summed E-state index contributed by atoms with van der Waals surface area (Å²) in [6.07, 6.45) is 6.23. The Morgan fingerprint density at radius 3 is 2.48 bits per heavy atom. The van der Waals surface area contributed by atoms with E-state index in [0.717, 1.165) is 11.3 Å². The topological polar surface area (TPSA) is 79.5 Å². The Balaban J connectivity index is 1.82. The number of anilines is 1. The Bertz CT molecular complexity index is 530. The first-order valence-electron chi connectivity index (χ1n) is 8.51. The Hall–Kier alpha value is -2.04. The highest BCUT2D eigenvalue weighted by Crippen LogP contribution is 2.17. The second kappa shape index (κ2) is 8.56. The Kier molecular flexibility index (Phi) is 6.44. The zero-order valence-corrected chi connectivity index (χ0v) is 14.1. The molecule has 4 N–H and O–H groups in total. The summed E-state index contributed by atoms with van der Waals surface area (Å²) in [5.74, 6) is 0.524.